The third-order valence-corrected chi connectivity index (χ3v) is 9.23. The summed E-state index contributed by atoms with van der Waals surface area (Å²) >= 11 is 0. The molecule has 0 saturated heterocycles. The second kappa shape index (κ2) is 12.4. The second-order valence-electron chi connectivity index (χ2n) is 12.1. The van der Waals surface area contributed by atoms with Crippen LogP contribution in [0.4, 0.5) is 17.1 Å². The molecule has 0 aromatic heterocycles. The molecule has 1 aliphatic rings. The van der Waals surface area contributed by atoms with Crippen LogP contribution in [0.15, 0.2) is 176 Å². The maximum Gasteiger partial charge on any atom is 0.0462 e. The summed E-state index contributed by atoms with van der Waals surface area (Å²) in [7, 11) is 0. The second-order valence-corrected chi connectivity index (χ2v) is 12.1. The summed E-state index contributed by atoms with van der Waals surface area (Å²) in [4.78, 5) is 2.35. The van der Waals surface area contributed by atoms with Crippen LogP contribution in [0.3, 0.4) is 0 Å². The van der Waals surface area contributed by atoms with Gasteiger partial charge in [-0.2, -0.15) is 0 Å². The lowest BCUT2D eigenvalue weighted by atomic mass is 9.93. The predicted molar refractivity (Wildman–Crippen MR) is 195 cm³/mol. The van der Waals surface area contributed by atoms with E-state index >= 15 is 0 Å². The Morgan fingerprint density at radius 2 is 0.696 bits per heavy atom. The summed E-state index contributed by atoms with van der Waals surface area (Å²) in [6.45, 7) is 0. The lowest BCUT2D eigenvalue weighted by Crippen LogP contribution is -2.09. The molecular weight excluding hydrogens is 555 g/mol. The quantitative estimate of drug-likeness (QED) is 0.186. The van der Waals surface area contributed by atoms with Gasteiger partial charge < -0.3 is 4.90 Å². The average Bonchev–Trinajstić information content (AvgIpc) is 3.32. The molecule has 0 heterocycles. The molecule has 0 atom stereocenters. The van der Waals surface area contributed by atoms with Crippen molar-refractivity contribution in [1.82, 2.24) is 0 Å². The molecule has 7 aromatic rings. The van der Waals surface area contributed by atoms with Gasteiger partial charge in [0.25, 0.3) is 0 Å². The summed E-state index contributed by atoms with van der Waals surface area (Å²) in [5, 5.41) is 0. The third kappa shape index (κ3) is 5.53. The average molecular weight is 590 g/mol. The lowest BCUT2D eigenvalue weighted by molar-refractivity contribution is 0.835. The fraction of sp³-hybridized carbons (Fsp3) is 0.0667. The van der Waals surface area contributed by atoms with Gasteiger partial charge in [-0.1, -0.05) is 133 Å². The van der Waals surface area contributed by atoms with Crippen molar-refractivity contribution in [2.75, 3.05) is 4.90 Å². The molecule has 0 fully saturated rings. The van der Waals surface area contributed by atoms with Crippen LogP contribution in [0, 0.1) is 0 Å². The molecule has 1 heteroatoms. The molecule has 0 radical (unpaired) electrons. The Morgan fingerprint density at radius 3 is 1.22 bits per heavy atom. The van der Waals surface area contributed by atoms with Crippen molar-refractivity contribution in [3.05, 3.63) is 187 Å². The predicted octanol–water partition coefficient (Wildman–Crippen LogP) is 12.3. The Bertz CT molecular complexity index is 1990. The summed E-state index contributed by atoms with van der Waals surface area (Å²) in [6.07, 6.45) is 3.47. The van der Waals surface area contributed by atoms with E-state index < -0.39 is 0 Å². The van der Waals surface area contributed by atoms with Crippen molar-refractivity contribution < 1.29 is 0 Å². The van der Waals surface area contributed by atoms with Gasteiger partial charge in [0.15, 0.2) is 0 Å². The Labute approximate surface area is 272 Å². The number of hydrogen-bond acceptors (Lipinski definition) is 1. The maximum atomic E-state index is 2.40. The van der Waals surface area contributed by atoms with Gasteiger partial charge in [-0.15, -0.1) is 0 Å². The van der Waals surface area contributed by atoms with Crippen molar-refractivity contribution in [2.45, 2.75) is 19.3 Å². The van der Waals surface area contributed by atoms with Gasteiger partial charge in [0, 0.05) is 17.1 Å². The van der Waals surface area contributed by atoms with Gasteiger partial charge in [-0.25, -0.2) is 0 Å². The first-order valence-corrected chi connectivity index (χ1v) is 16.2. The van der Waals surface area contributed by atoms with Gasteiger partial charge >= 0.3 is 0 Å². The minimum Gasteiger partial charge on any atom is -0.311 e. The highest BCUT2D eigenvalue weighted by molar-refractivity contribution is 5.82. The monoisotopic (exact) mass is 589 g/mol. The van der Waals surface area contributed by atoms with E-state index in [0.29, 0.717) is 0 Å². The van der Waals surface area contributed by atoms with E-state index in [2.05, 4.69) is 181 Å². The highest BCUT2D eigenvalue weighted by Crippen LogP contribution is 2.39. The van der Waals surface area contributed by atoms with Crippen LogP contribution >= 0.6 is 0 Å². The molecule has 0 amide bonds. The maximum absolute atomic E-state index is 2.40. The fourth-order valence-electron chi connectivity index (χ4n) is 6.81. The highest BCUT2D eigenvalue weighted by atomic mass is 15.1. The van der Waals surface area contributed by atoms with Crippen molar-refractivity contribution in [2.24, 2.45) is 0 Å². The number of fused-ring (bicyclic) bond motifs is 3. The number of aryl methyl sites for hydroxylation is 2. The molecule has 0 bridgehead atoms. The van der Waals surface area contributed by atoms with E-state index in [1.54, 1.807) is 0 Å². The Balaban J connectivity index is 1.16. The SMILES string of the molecule is c1ccc(-c2ccc(N(c3ccc(-c4ccccc4)cc3)c3ccc(-c4ccc5c(c4)-c4ccccc4CCC5)cc3)cc2)cc1. The molecule has 0 spiro atoms. The minimum absolute atomic E-state index is 1.13. The van der Waals surface area contributed by atoms with Crippen molar-refractivity contribution in [1.29, 1.82) is 0 Å². The standard InChI is InChI=1S/C45H35N/c1-3-10-33(11-4-1)35-20-26-41(27-21-35)46(42-28-22-36(23-29-42)34-12-5-2-6-13-34)43-30-24-37(25-31-43)40-19-18-39-16-9-15-38-14-7-8-17-44(38)45(39)32-40/h1-8,10-14,17-32H,9,15-16H2. The summed E-state index contributed by atoms with van der Waals surface area (Å²) in [5.74, 6) is 0. The van der Waals surface area contributed by atoms with Crippen LogP contribution in [0.25, 0.3) is 44.5 Å². The fourth-order valence-corrected chi connectivity index (χ4v) is 6.81. The topological polar surface area (TPSA) is 3.24 Å². The third-order valence-electron chi connectivity index (χ3n) is 9.23. The van der Waals surface area contributed by atoms with E-state index in [1.165, 1.54) is 62.1 Å². The van der Waals surface area contributed by atoms with E-state index in [1.807, 2.05) is 0 Å². The molecule has 0 N–H and O–H groups in total. The molecule has 8 rings (SSSR count). The highest BCUT2D eigenvalue weighted by Gasteiger charge is 2.16. The van der Waals surface area contributed by atoms with Crippen LogP contribution in [-0.4, -0.2) is 0 Å². The van der Waals surface area contributed by atoms with Gasteiger partial charge in [0.1, 0.15) is 0 Å². The van der Waals surface area contributed by atoms with Crippen molar-refractivity contribution >= 4 is 17.1 Å². The largest absolute Gasteiger partial charge is 0.311 e. The van der Waals surface area contributed by atoms with Crippen LogP contribution < -0.4 is 4.90 Å². The molecule has 0 unspecified atom stereocenters. The molecule has 1 aliphatic carbocycles. The summed E-state index contributed by atoms with van der Waals surface area (Å²) < 4.78 is 0. The van der Waals surface area contributed by atoms with Crippen LogP contribution in [0.2, 0.25) is 0 Å². The van der Waals surface area contributed by atoms with Crippen LogP contribution in [-0.2, 0) is 12.8 Å². The van der Waals surface area contributed by atoms with Crippen LogP contribution in [0.1, 0.15) is 17.5 Å². The number of benzene rings is 7. The molecule has 7 aromatic carbocycles. The van der Waals surface area contributed by atoms with Crippen LogP contribution in [0.5, 0.6) is 0 Å². The van der Waals surface area contributed by atoms with E-state index in [-0.39, 0.29) is 0 Å². The molecule has 0 aliphatic heterocycles. The number of nitrogens with zero attached hydrogens (tertiary/aromatic N) is 1. The van der Waals surface area contributed by atoms with E-state index in [0.717, 1.165) is 29.9 Å². The molecule has 46 heavy (non-hydrogen) atoms. The molecule has 1 nitrogen and oxygen atoms in total. The lowest BCUT2D eigenvalue weighted by Gasteiger charge is -2.26. The number of rotatable bonds is 6. The zero-order chi connectivity index (χ0) is 30.7. The summed E-state index contributed by atoms with van der Waals surface area (Å²) in [5.41, 5.74) is 16.4. The normalized spacial score (nSPS) is 12.1. The summed E-state index contributed by atoms with van der Waals surface area (Å²) in [6, 6.07) is 63.9. The van der Waals surface area contributed by atoms with Gasteiger partial charge in [0.2, 0.25) is 0 Å². The first kappa shape index (κ1) is 27.9. The first-order chi connectivity index (χ1) is 22.8. The zero-order valence-corrected chi connectivity index (χ0v) is 25.8. The minimum atomic E-state index is 1.13. The molecule has 0 saturated carbocycles. The van der Waals surface area contributed by atoms with E-state index in [4.69, 9.17) is 0 Å². The van der Waals surface area contributed by atoms with Gasteiger partial charge in [-0.3, -0.25) is 0 Å². The van der Waals surface area contributed by atoms with Crippen molar-refractivity contribution in [3.8, 4) is 44.5 Å². The zero-order valence-electron chi connectivity index (χ0n) is 25.8. The van der Waals surface area contributed by atoms with Gasteiger partial charge in [0.05, 0.1) is 0 Å². The Morgan fingerprint density at radius 1 is 0.304 bits per heavy atom. The number of anilines is 3. The Kier molecular flexibility index (Phi) is 7.50. The Hall–Kier alpha value is -5.66. The van der Waals surface area contributed by atoms with E-state index in [9.17, 15) is 0 Å². The smallest absolute Gasteiger partial charge is 0.0462 e. The van der Waals surface area contributed by atoms with Gasteiger partial charge in [-0.05, 0) is 117 Å². The van der Waals surface area contributed by atoms with Crippen molar-refractivity contribution in [3.63, 3.8) is 0 Å². The number of hydrogen-bond donors (Lipinski definition) is 0. The molecule has 220 valence electrons. The first-order valence-electron chi connectivity index (χ1n) is 16.2. The molecular formula is C45H35N.